The van der Waals surface area contributed by atoms with Crippen LogP contribution in [0.3, 0.4) is 0 Å². The van der Waals surface area contributed by atoms with Crippen molar-refractivity contribution in [1.82, 2.24) is 19.0 Å². The zero-order valence-electron chi connectivity index (χ0n) is 13.4. The van der Waals surface area contributed by atoms with E-state index in [1.807, 2.05) is 0 Å². The van der Waals surface area contributed by atoms with Crippen molar-refractivity contribution >= 4 is 27.9 Å². The largest absolute Gasteiger partial charge is 0.339 e. The van der Waals surface area contributed by atoms with Gasteiger partial charge in [0, 0.05) is 46.2 Å². The fraction of sp³-hybridized carbons (Fsp3) is 0.769. The van der Waals surface area contributed by atoms with Gasteiger partial charge in [-0.1, -0.05) is 0 Å². The molecule has 0 aromatic heterocycles. The first-order valence-corrected chi connectivity index (χ1v) is 9.18. The zero-order valence-corrected chi connectivity index (χ0v) is 14.2. The van der Waals surface area contributed by atoms with Crippen molar-refractivity contribution in [3.8, 4) is 0 Å². The smallest absolute Gasteiger partial charge is 0.326 e. The first kappa shape index (κ1) is 17.7. The predicted molar refractivity (Wildman–Crippen MR) is 82.0 cm³/mol. The van der Waals surface area contributed by atoms with Crippen LogP contribution in [0.2, 0.25) is 0 Å². The van der Waals surface area contributed by atoms with Crippen LogP contribution in [0.5, 0.6) is 0 Å². The first-order chi connectivity index (χ1) is 10.8. The summed E-state index contributed by atoms with van der Waals surface area (Å²) in [6.45, 7) is 2.91. The van der Waals surface area contributed by atoms with Crippen molar-refractivity contribution in [2.24, 2.45) is 0 Å². The topological polar surface area (TPSA) is 98.3 Å². The lowest BCUT2D eigenvalue weighted by molar-refractivity contribution is -0.136. The van der Waals surface area contributed by atoms with Gasteiger partial charge < -0.3 is 9.80 Å². The minimum atomic E-state index is -3.23. The Kier molecular flexibility index (Phi) is 5.25. The fourth-order valence-corrected chi connectivity index (χ4v) is 3.71. The zero-order chi connectivity index (χ0) is 17.2. The number of carbonyl (C=O) groups is 3. The molecule has 2 fully saturated rings. The summed E-state index contributed by atoms with van der Waals surface area (Å²) in [5, 5.41) is 0. The van der Waals surface area contributed by atoms with E-state index in [1.54, 1.807) is 11.8 Å². The van der Waals surface area contributed by atoms with Crippen molar-refractivity contribution in [3.05, 3.63) is 0 Å². The summed E-state index contributed by atoms with van der Waals surface area (Å²) < 4.78 is 25.0. The van der Waals surface area contributed by atoms with Crippen LogP contribution in [0.1, 0.15) is 13.3 Å². The van der Waals surface area contributed by atoms with Crippen LogP contribution in [-0.2, 0) is 19.6 Å². The molecule has 130 valence electrons. The molecule has 2 rings (SSSR count). The Morgan fingerprint density at radius 1 is 1.09 bits per heavy atom. The van der Waals surface area contributed by atoms with E-state index in [0.29, 0.717) is 13.1 Å². The number of nitrogens with zero attached hydrogens (tertiary/aromatic N) is 4. The minimum absolute atomic E-state index is 0.0452. The number of hydrogen-bond donors (Lipinski definition) is 0. The molecule has 2 heterocycles. The molecule has 0 spiro atoms. The maximum atomic E-state index is 12.3. The molecule has 0 unspecified atom stereocenters. The van der Waals surface area contributed by atoms with Crippen molar-refractivity contribution in [2.75, 3.05) is 52.1 Å². The number of urea groups is 1. The summed E-state index contributed by atoms with van der Waals surface area (Å²) in [5.41, 5.74) is 0. The highest BCUT2D eigenvalue weighted by atomic mass is 32.2. The molecular weight excluding hydrogens is 324 g/mol. The Bertz CT molecular complexity index is 597. The standard InChI is InChI=1S/C13H22N4O5S/c1-3-23(21,22)17-8-6-15(7-9-17)12(19)10-16-5-4-11(18)14(2)13(16)20/h3-10H2,1-2H3. The number of piperazine rings is 1. The van der Waals surface area contributed by atoms with Gasteiger partial charge in [0.2, 0.25) is 21.8 Å². The van der Waals surface area contributed by atoms with Crippen molar-refractivity contribution < 1.29 is 22.8 Å². The lowest BCUT2D eigenvalue weighted by atomic mass is 10.2. The summed E-state index contributed by atoms with van der Waals surface area (Å²) in [5.74, 6) is -0.435. The van der Waals surface area contributed by atoms with E-state index < -0.39 is 16.1 Å². The molecule has 4 amide bonds. The van der Waals surface area contributed by atoms with E-state index in [4.69, 9.17) is 0 Å². The van der Waals surface area contributed by atoms with Crippen LogP contribution in [-0.4, -0.2) is 97.3 Å². The monoisotopic (exact) mass is 346 g/mol. The summed E-state index contributed by atoms with van der Waals surface area (Å²) in [4.78, 5) is 39.6. The van der Waals surface area contributed by atoms with Gasteiger partial charge in [0.05, 0.1) is 5.75 Å². The lowest BCUT2D eigenvalue weighted by Gasteiger charge is -2.36. The molecule has 0 aliphatic carbocycles. The van der Waals surface area contributed by atoms with Gasteiger partial charge in [0.15, 0.2) is 0 Å². The van der Waals surface area contributed by atoms with Crippen molar-refractivity contribution in [3.63, 3.8) is 0 Å². The molecule has 2 aliphatic heterocycles. The Hall–Kier alpha value is -1.68. The molecule has 0 aromatic rings. The number of hydrogen-bond acceptors (Lipinski definition) is 5. The molecule has 10 heteroatoms. The third-order valence-corrected chi connectivity index (χ3v) is 6.08. The summed E-state index contributed by atoms with van der Waals surface area (Å²) >= 11 is 0. The molecule has 0 aromatic carbocycles. The van der Waals surface area contributed by atoms with E-state index in [2.05, 4.69) is 0 Å². The van der Waals surface area contributed by atoms with Crippen LogP contribution in [0.15, 0.2) is 0 Å². The highest BCUT2D eigenvalue weighted by Gasteiger charge is 2.33. The average Bonchev–Trinajstić information content (AvgIpc) is 2.55. The second kappa shape index (κ2) is 6.83. The third kappa shape index (κ3) is 3.81. The fourth-order valence-electron chi connectivity index (χ4n) is 2.62. The van der Waals surface area contributed by atoms with Gasteiger partial charge in [-0.2, -0.15) is 4.31 Å². The Morgan fingerprint density at radius 2 is 1.70 bits per heavy atom. The summed E-state index contributed by atoms with van der Waals surface area (Å²) in [6.07, 6.45) is 0.206. The predicted octanol–water partition coefficient (Wildman–Crippen LogP) is -1.24. The van der Waals surface area contributed by atoms with Crippen LogP contribution >= 0.6 is 0 Å². The molecular formula is C13H22N4O5S. The summed E-state index contributed by atoms with van der Waals surface area (Å²) in [7, 11) is -1.83. The number of carbonyl (C=O) groups excluding carboxylic acids is 3. The maximum absolute atomic E-state index is 12.3. The van der Waals surface area contributed by atoms with Crippen molar-refractivity contribution in [1.29, 1.82) is 0 Å². The lowest BCUT2D eigenvalue weighted by Crippen LogP contribution is -2.56. The molecule has 0 saturated carbocycles. The molecule has 2 saturated heterocycles. The van der Waals surface area contributed by atoms with Crippen LogP contribution < -0.4 is 0 Å². The van der Waals surface area contributed by atoms with Gasteiger partial charge in [-0.25, -0.2) is 13.2 Å². The number of imide groups is 1. The quantitative estimate of drug-likeness (QED) is 0.634. The number of rotatable bonds is 4. The number of amides is 4. The van der Waals surface area contributed by atoms with E-state index in [9.17, 15) is 22.8 Å². The van der Waals surface area contributed by atoms with Crippen molar-refractivity contribution in [2.45, 2.75) is 13.3 Å². The second-order valence-electron chi connectivity index (χ2n) is 5.59. The van der Waals surface area contributed by atoms with Gasteiger partial charge in [-0.15, -0.1) is 0 Å². The Labute approximate surface area is 135 Å². The van der Waals surface area contributed by atoms with Gasteiger partial charge in [-0.3, -0.25) is 14.5 Å². The SMILES string of the molecule is CCS(=O)(=O)N1CCN(C(=O)CN2CCC(=O)N(C)C2=O)CC1. The second-order valence-corrected chi connectivity index (χ2v) is 7.84. The highest BCUT2D eigenvalue weighted by Crippen LogP contribution is 2.11. The Morgan fingerprint density at radius 3 is 2.26 bits per heavy atom. The van der Waals surface area contributed by atoms with Gasteiger partial charge in [0.1, 0.15) is 6.54 Å². The molecule has 0 bridgehead atoms. The molecule has 23 heavy (non-hydrogen) atoms. The Balaban J connectivity index is 1.88. The van der Waals surface area contributed by atoms with E-state index >= 15 is 0 Å². The summed E-state index contributed by atoms with van der Waals surface area (Å²) in [6, 6.07) is -0.471. The van der Waals surface area contributed by atoms with E-state index in [1.165, 1.54) is 16.3 Å². The van der Waals surface area contributed by atoms with Crippen LogP contribution in [0.25, 0.3) is 0 Å². The van der Waals surface area contributed by atoms with Gasteiger partial charge in [-0.05, 0) is 6.92 Å². The third-order valence-electron chi connectivity index (χ3n) is 4.20. The van der Waals surface area contributed by atoms with Gasteiger partial charge in [0.25, 0.3) is 0 Å². The normalized spacial score (nSPS) is 21.0. The van der Waals surface area contributed by atoms with Crippen LogP contribution in [0.4, 0.5) is 4.79 Å². The molecule has 9 nitrogen and oxygen atoms in total. The van der Waals surface area contributed by atoms with E-state index in [-0.39, 0.29) is 50.2 Å². The average molecular weight is 346 g/mol. The van der Waals surface area contributed by atoms with E-state index in [0.717, 1.165) is 4.90 Å². The maximum Gasteiger partial charge on any atom is 0.326 e. The van der Waals surface area contributed by atoms with Gasteiger partial charge >= 0.3 is 6.03 Å². The molecule has 0 N–H and O–H groups in total. The minimum Gasteiger partial charge on any atom is -0.339 e. The number of sulfonamides is 1. The van der Waals surface area contributed by atoms with Crippen LogP contribution in [0, 0.1) is 0 Å². The molecule has 0 radical (unpaired) electrons. The highest BCUT2D eigenvalue weighted by molar-refractivity contribution is 7.89. The first-order valence-electron chi connectivity index (χ1n) is 7.57. The molecule has 0 atom stereocenters. The molecule has 2 aliphatic rings.